The molecule has 4 heteroatoms. The monoisotopic (exact) mass is 511 g/mol. The predicted octanol–water partition coefficient (Wildman–Crippen LogP) is 8.10. The number of aromatic nitrogens is 2. The van der Waals surface area contributed by atoms with Gasteiger partial charge in [0.25, 0.3) is 0 Å². The number of nitrogens with one attached hydrogen (secondary N) is 1. The van der Waals surface area contributed by atoms with E-state index in [1.807, 2.05) is 0 Å². The molecule has 2 aliphatic carbocycles. The highest BCUT2D eigenvalue weighted by Crippen LogP contribution is 2.37. The lowest BCUT2D eigenvalue weighted by Crippen LogP contribution is -2.38. The molecule has 1 aliphatic heterocycles. The molecule has 0 radical (unpaired) electrons. The number of H-pyrrole nitrogens is 1. The maximum Gasteiger partial charge on any atom is 0.123 e. The van der Waals surface area contributed by atoms with E-state index in [4.69, 9.17) is 4.98 Å². The lowest BCUT2D eigenvalue weighted by atomic mass is 9.83. The summed E-state index contributed by atoms with van der Waals surface area (Å²) in [4.78, 5) is 22.4. The fraction of sp³-hybridized carbons (Fsp3) is 0.529. The van der Waals surface area contributed by atoms with Crippen molar-refractivity contribution < 1.29 is 4.79 Å². The summed E-state index contributed by atoms with van der Waals surface area (Å²) < 4.78 is 0. The number of aromatic amines is 1. The van der Waals surface area contributed by atoms with Crippen LogP contribution in [0.15, 0.2) is 53.8 Å². The van der Waals surface area contributed by atoms with Gasteiger partial charge in [-0.15, -0.1) is 0 Å². The largest absolute Gasteiger partial charge is 0.375 e. The van der Waals surface area contributed by atoms with E-state index in [-0.39, 0.29) is 11.3 Å². The molecular weight excluding hydrogens is 466 g/mol. The van der Waals surface area contributed by atoms with Gasteiger partial charge in [0, 0.05) is 35.8 Å². The van der Waals surface area contributed by atoms with E-state index in [9.17, 15) is 4.79 Å². The average molecular weight is 512 g/mol. The third-order valence-electron chi connectivity index (χ3n) is 9.53. The molecule has 1 saturated heterocycles. The highest BCUT2D eigenvalue weighted by atomic mass is 16.1. The van der Waals surface area contributed by atoms with Crippen LogP contribution in [-0.4, -0.2) is 34.2 Å². The van der Waals surface area contributed by atoms with Crippen LogP contribution in [0, 0.1) is 24.2 Å². The van der Waals surface area contributed by atoms with Crippen molar-refractivity contribution in [2.24, 2.45) is 17.3 Å². The van der Waals surface area contributed by atoms with Crippen molar-refractivity contribution >= 4 is 22.9 Å². The zero-order valence-corrected chi connectivity index (χ0v) is 23.9. The molecule has 0 saturated carbocycles. The average Bonchev–Trinajstić information content (AvgIpc) is 3.33. The maximum absolute atomic E-state index is 11.1. The number of allylic oxidation sites excluding steroid dienone is 7. The molecular formula is C34H45N3O. The Morgan fingerprint density at radius 1 is 1.11 bits per heavy atom. The number of piperidine rings is 1. The molecule has 2 aromatic rings. The zero-order valence-electron chi connectivity index (χ0n) is 23.9. The number of carbonyl (C=O) groups is 1. The first-order valence-corrected chi connectivity index (χ1v) is 14.8. The van der Waals surface area contributed by atoms with E-state index in [1.165, 1.54) is 46.5 Å². The Morgan fingerprint density at radius 2 is 1.84 bits per heavy atom. The SMILES string of the molecule is C=C(N1CCC(Cc2cc3nc(C4=CC=C(C5=CCC(C=O)CC5)CC4)c(C)cc3[nH]2)CC1)C(C)(C)CC. The van der Waals surface area contributed by atoms with Crippen molar-refractivity contribution in [3.8, 4) is 0 Å². The van der Waals surface area contributed by atoms with Crippen LogP contribution in [0.25, 0.3) is 16.6 Å². The molecule has 1 unspecified atom stereocenters. The molecule has 3 aliphatic rings. The highest BCUT2D eigenvalue weighted by molar-refractivity contribution is 5.81. The minimum Gasteiger partial charge on any atom is -0.375 e. The van der Waals surface area contributed by atoms with Gasteiger partial charge in [-0.2, -0.15) is 0 Å². The Hall–Kier alpha value is -2.88. The normalized spacial score (nSPS) is 21.2. The Morgan fingerprint density at radius 3 is 2.47 bits per heavy atom. The minimum atomic E-state index is 0.185. The third-order valence-corrected chi connectivity index (χ3v) is 9.53. The summed E-state index contributed by atoms with van der Waals surface area (Å²) in [5.41, 5.74) is 11.6. The molecule has 1 N–H and O–H groups in total. The standard InChI is InChI=1S/C34H45N3O/c1-6-34(4,5)24(3)37-17-15-25(16-18-37)20-30-21-32-31(35-30)19-23(2)33(36-32)29-13-11-28(12-14-29)27-9-7-26(22-38)8-10-27/h9,11,13,19,21-22,25-26,35H,3,6-8,10,12,14-18,20H2,1-2,4-5H3. The predicted molar refractivity (Wildman–Crippen MR) is 159 cm³/mol. The molecule has 38 heavy (non-hydrogen) atoms. The fourth-order valence-electron chi connectivity index (χ4n) is 6.37. The summed E-state index contributed by atoms with van der Waals surface area (Å²) in [6.07, 6.45) is 17.6. The summed E-state index contributed by atoms with van der Waals surface area (Å²) >= 11 is 0. The van der Waals surface area contributed by atoms with Gasteiger partial charge >= 0.3 is 0 Å². The van der Waals surface area contributed by atoms with Gasteiger partial charge in [-0.05, 0) is 105 Å². The summed E-state index contributed by atoms with van der Waals surface area (Å²) in [5, 5.41) is 0. The molecule has 4 nitrogen and oxygen atoms in total. The van der Waals surface area contributed by atoms with Crippen molar-refractivity contribution in [1.82, 2.24) is 14.9 Å². The van der Waals surface area contributed by atoms with Crippen LogP contribution < -0.4 is 0 Å². The smallest absolute Gasteiger partial charge is 0.123 e. The number of carbonyl (C=O) groups excluding carboxylic acids is 1. The van der Waals surface area contributed by atoms with Gasteiger partial charge < -0.3 is 14.7 Å². The third kappa shape index (κ3) is 5.60. The molecule has 3 heterocycles. The fourth-order valence-corrected chi connectivity index (χ4v) is 6.37. The van der Waals surface area contributed by atoms with Crippen LogP contribution in [0.5, 0.6) is 0 Å². The first kappa shape index (κ1) is 26.7. The molecule has 0 aromatic carbocycles. The second-order valence-electron chi connectivity index (χ2n) is 12.5. The molecule has 2 aromatic heterocycles. The van der Waals surface area contributed by atoms with Crippen molar-refractivity contribution in [3.05, 3.63) is 70.7 Å². The van der Waals surface area contributed by atoms with Crippen LogP contribution in [-0.2, 0) is 11.2 Å². The number of aryl methyl sites for hydroxylation is 1. The number of hydrogen-bond donors (Lipinski definition) is 1. The Bertz CT molecular complexity index is 1300. The van der Waals surface area contributed by atoms with E-state index in [0.717, 1.165) is 81.0 Å². The number of nitrogens with zero attached hydrogens (tertiary/aromatic N) is 2. The van der Waals surface area contributed by atoms with Crippen molar-refractivity contribution in [2.45, 2.75) is 85.5 Å². The molecule has 202 valence electrons. The number of aldehydes is 1. The van der Waals surface area contributed by atoms with E-state index >= 15 is 0 Å². The summed E-state index contributed by atoms with van der Waals surface area (Å²) in [7, 11) is 0. The topological polar surface area (TPSA) is 49.0 Å². The number of rotatable bonds is 8. The number of pyridine rings is 1. The minimum absolute atomic E-state index is 0.185. The molecule has 1 fully saturated rings. The number of likely N-dealkylation sites (tertiary alicyclic amines) is 1. The molecule has 0 bridgehead atoms. The van der Waals surface area contributed by atoms with Crippen LogP contribution in [0.1, 0.15) is 89.1 Å². The van der Waals surface area contributed by atoms with Gasteiger partial charge in [-0.1, -0.05) is 45.6 Å². The lowest BCUT2D eigenvalue weighted by Gasteiger charge is -2.40. The second kappa shape index (κ2) is 11.1. The first-order chi connectivity index (χ1) is 18.3. The van der Waals surface area contributed by atoms with Crippen LogP contribution >= 0.6 is 0 Å². The van der Waals surface area contributed by atoms with Crippen LogP contribution in [0.3, 0.4) is 0 Å². The Kier molecular flexibility index (Phi) is 7.79. The summed E-state index contributed by atoms with van der Waals surface area (Å²) in [5.74, 6) is 0.919. The Balaban J connectivity index is 1.25. The van der Waals surface area contributed by atoms with E-state index in [2.05, 4.69) is 74.5 Å². The Labute approximate surface area is 229 Å². The first-order valence-electron chi connectivity index (χ1n) is 14.8. The van der Waals surface area contributed by atoms with Gasteiger partial charge in [0.05, 0.1) is 16.7 Å². The zero-order chi connectivity index (χ0) is 26.9. The van der Waals surface area contributed by atoms with Gasteiger partial charge in [0.1, 0.15) is 6.29 Å². The molecule has 1 atom stereocenters. The second-order valence-corrected chi connectivity index (χ2v) is 12.5. The summed E-state index contributed by atoms with van der Waals surface area (Å²) in [6.45, 7) is 15.7. The van der Waals surface area contributed by atoms with E-state index < -0.39 is 0 Å². The van der Waals surface area contributed by atoms with Crippen molar-refractivity contribution in [2.75, 3.05) is 13.1 Å². The number of fused-ring (bicyclic) bond motifs is 1. The molecule has 0 spiro atoms. The van der Waals surface area contributed by atoms with Crippen LogP contribution in [0.2, 0.25) is 0 Å². The highest BCUT2D eigenvalue weighted by Gasteiger charge is 2.28. The van der Waals surface area contributed by atoms with Gasteiger partial charge in [0.2, 0.25) is 0 Å². The summed E-state index contributed by atoms with van der Waals surface area (Å²) in [6, 6.07) is 4.56. The van der Waals surface area contributed by atoms with Gasteiger partial charge in [-0.25, -0.2) is 4.98 Å². The van der Waals surface area contributed by atoms with Crippen molar-refractivity contribution in [3.63, 3.8) is 0 Å². The maximum atomic E-state index is 11.1. The number of hydrogen-bond acceptors (Lipinski definition) is 3. The van der Waals surface area contributed by atoms with Crippen molar-refractivity contribution in [1.29, 1.82) is 0 Å². The molecule has 5 rings (SSSR count). The van der Waals surface area contributed by atoms with Gasteiger partial charge in [-0.3, -0.25) is 0 Å². The quantitative estimate of drug-likeness (QED) is 0.364. The van der Waals surface area contributed by atoms with Crippen LogP contribution in [0.4, 0.5) is 0 Å². The van der Waals surface area contributed by atoms with E-state index in [1.54, 1.807) is 0 Å². The van der Waals surface area contributed by atoms with E-state index in [0.29, 0.717) is 5.92 Å². The molecule has 0 amide bonds. The lowest BCUT2D eigenvalue weighted by molar-refractivity contribution is -0.111. The van der Waals surface area contributed by atoms with Gasteiger partial charge in [0.15, 0.2) is 0 Å².